The van der Waals surface area contributed by atoms with E-state index < -0.39 is 0 Å². The molecule has 0 spiro atoms. The Hall–Kier alpha value is -1.64. The van der Waals surface area contributed by atoms with E-state index in [2.05, 4.69) is 0 Å². The lowest BCUT2D eigenvalue weighted by Gasteiger charge is -2.25. The molecule has 0 aliphatic heterocycles. The van der Waals surface area contributed by atoms with E-state index in [4.69, 9.17) is 0 Å². The topological polar surface area (TPSA) is 37.4 Å². The zero-order valence-corrected chi connectivity index (χ0v) is 10.9. The van der Waals surface area contributed by atoms with Crippen LogP contribution in [0, 0.1) is 6.92 Å². The van der Waals surface area contributed by atoms with E-state index in [0.717, 1.165) is 5.56 Å². The molecule has 0 bridgehead atoms. The molecular formula is C14H19NO2. The lowest BCUT2D eigenvalue weighted by molar-refractivity contribution is -0.135. The second-order valence-electron chi connectivity index (χ2n) is 4.47. The van der Waals surface area contributed by atoms with Gasteiger partial charge in [-0.2, -0.15) is 0 Å². The summed E-state index contributed by atoms with van der Waals surface area (Å²) in [6.45, 7) is 5.42. The van der Waals surface area contributed by atoms with Crippen molar-refractivity contribution in [2.24, 2.45) is 0 Å². The van der Waals surface area contributed by atoms with Crippen molar-refractivity contribution in [1.82, 2.24) is 4.90 Å². The first-order chi connectivity index (χ1) is 7.91. The van der Waals surface area contributed by atoms with Gasteiger partial charge in [0, 0.05) is 7.05 Å². The monoisotopic (exact) mass is 233 g/mol. The van der Waals surface area contributed by atoms with Gasteiger partial charge in [0.2, 0.25) is 5.91 Å². The van der Waals surface area contributed by atoms with Gasteiger partial charge in [0.05, 0.1) is 12.5 Å². The maximum absolute atomic E-state index is 11.7. The maximum Gasteiger partial charge on any atom is 0.230 e. The zero-order chi connectivity index (χ0) is 13.0. The van der Waals surface area contributed by atoms with E-state index in [0.29, 0.717) is 0 Å². The summed E-state index contributed by atoms with van der Waals surface area (Å²) >= 11 is 0. The number of nitrogens with zero attached hydrogens (tertiary/aromatic N) is 1. The molecule has 3 heteroatoms. The average Bonchev–Trinajstić information content (AvgIpc) is 2.27. The number of hydrogen-bond acceptors (Lipinski definition) is 2. The third-order valence-electron chi connectivity index (χ3n) is 2.93. The van der Waals surface area contributed by atoms with Crippen molar-refractivity contribution < 1.29 is 9.59 Å². The Kier molecular flexibility index (Phi) is 4.44. The van der Waals surface area contributed by atoms with Crippen LogP contribution in [0.5, 0.6) is 0 Å². The molecule has 1 aromatic carbocycles. The van der Waals surface area contributed by atoms with Crippen LogP contribution in [0.4, 0.5) is 0 Å². The molecule has 0 fully saturated rings. The lowest BCUT2D eigenvalue weighted by atomic mass is 10.1. The largest absolute Gasteiger partial charge is 0.339 e. The van der Waals surface area contributed by atoms with Crippen LogP contribution in [-0.2, 0) is 9.59 Å². The Morgan fingerprint density at radius 2 is 1.76 bits per heavy atom. The van der Waals surface area contributed by atoms with Crippen LogP contribution in [0.15, 0.2) is 24.3 Å². The molecule has 0 saturated heterocycles. The molecule has 0 heterocycles. The summed E-state index contributed by atoms with van der Waals surface area (Å²) in [5, 5.41) is 0. The van der Waals surface area contributed by atoms with E-state index in [1.807, 2.05) is 38.1 Å². The van der Waals surface area contributed by atoms with E-state index in [1.54, 1.807) is 11.9 Å². The zero-order valence-electron chi connectivity index (χ0n) is 10.9. The molecule has 92 valence electrons. The highest BCUT2D eigenvalue weighted by Gasteiger charge is 2.18. The molecule has 0 aliphatic carbocycles. The van der Waals surface area contributed by atoms with E-state index >= 15 is 0 Å². The number of benzene rings is 1. The quantitative estimate of drug-likeness (QED) is 0.749. The molecule has 1 aromatic rings. The van der Waals surface area contributed by atoms with Gasteiger partial charge in [-0.25, -0.2) is 0 Å². The molecule has 0 N–H and O–H groups in total. The number of rotatable bonds is 4. The third kappa shape index (κ3) is 3.70. The first kappa shape index (κ1) is 13.4. The van der Waals surface area contributed by atoms with Gasteiger partial charge in [-0.05, 0) is 26.3 Å². The van der Waals surface area contributed by atoms with Gasteiger partial charge in [0.25, 0.3) is 0 Å². The SMILES string of the molecule is CC(=O)CC(=O)N(C)C(C)c1ccc(C)cc1. The van der Waals surface area contributed by atoms with Crippen LogP contribution in [-0.4, -0.2) is 23.6 Å². The van der Waals surface area contributed by atoms with Gasteiger partial charge in [0.15, 0.2) is 0 Å². The van der Waals surface area contributed by atoms with Gasteiger partial charge >= 0.3 is 0 Å². The van der Waals surface area contributed by atoms with Gasteiger partial charge in [-0.15, -0.1) is 0 Å². The van der Waals surface area contributed by atoms with Gasteiger partial charge < -0.3 is 4.90 Å². The van der Waals surface area contributed by atoms with Crippen molar-refractivity contribution in [3.63, 3.8) is 0 Å². The molecule has 17 heavy (non-hydrogen) atoms. The Morgan fingerprint density at radius 1 is 1.24 bits per heavy atom. The molecule has 0 saturated carbocycles. The number of carbonyl (C=O) groups is 2. The molecular weight excluding hydrogens is 214 g/mol. The van der Waals surface area contributed by atoms with Crippen molar-refractivity contribution in [2.45, 2.75) is 33.2 Å². The Labute approximate surface area is 102 Å². The van der Waals surface area contributed by atoms with Crippen molar-refractivity contribution >= 4 is 11.7 Å². The van der Waals surface area contributed by atoms with Gasteiger partial charge in [0.1, 0.15) is 5.78 Å². The van der Waals surface area contributed by atoms with Gasteiger partial charge in [-0.1, -0.05) is 29.8 Å². The van der Waals surface area contributed by atoms with Crippen molar-refractivity contribution in [1.29, 1.82) is 0 Å². The molecule has 0 aliphatic rings. The summed E-state index contributed by atoms with van der Waals surface area (Å²) in [6, 6.07) is 8.06. The summed E-state index contributed by atoms with van der Waals surface area (Å²) in [5.41, 5.74) is 2.27. The minimum Gasteiger partial charge on any atom is -0.339 e. The molecule has 0 radical (unpaired) electrons. The fourth-order valence-corrected chi connectivity index (χ4v) is 1.62. The smallest absolute Gasteiger partial charge is 0.230 e. The van der Waals surface area contributed by atoms with E-state index in [9.17, 15) is 9.59 Å². The van der Waals surface area contributed by atoms with Crippen LogP contribution in [0.1, 0.15) is 37.4 Å². The molecule has 3 nitrogen and oxygen atoms in total. The number of hydrogen-bond donors (Lipinski definition) is 0. The van der Waals surface area contributed by atoms with Crippen LogP contribution in [0.3, 0.4) is 0 Å². The Bertz CT molecular complexity index is 409. The van der Waals surface area contributed by atoms with Crippen LogP contribution >= 0.6 is 0 Å². The number of carbonyl (C=O) groups excluding carboxylic acids is 2. The first-order valence-corrected chi connectivity index (χ1v) is 5.73. The molecule has 1 unspecified atom stereocenters. The molecule has 1 rings (SSSR count). The molecule has 1 atom stereocenters. The number of amides is 1. The maximum atomic E-state index is 11.7. The summed E-state index contributed by atoms with van der Waals surface area (Å²) in [4.78, 5) is 24.3. The van der Waals surface area contributed by atoms with Crippen LogP contribution in [0.25, 0.3) is 0 Å². The number of Topliss-reactive ketones (excluding diaryl/α,β-unsaturated/α-hetero) is 1. The lowest BCUT2D eigenvalue weighted by Crippen LogP contribution is -2.30. The summed E-state index contributed by atoms with van der Waals surface area (Å²) in [6.07, 6.45) is -0.0211. The van der Waals surface area contributed by atoms with Gasteiger partial charge in [-0.3, -0.25) is 9.59 Å². The third-order valence-corrected chi connectivity index (χ3v) is 2.93. The standard InChI is InChI=1S/C14H19NO2/c1-10-5-7-13(8-6-10)12(3)15(4)14(17)9-11(2)16/h5-8,12H,9H2,1-4H3. The second kappa shape index (κ2) is 5.62. The molecule has 0 aromatic heterocycles. The predicted molar refractivity (Wildman–Crippen MR) is 67.7 cm³/mol. The normalized spacial score (nSPS) is 12.0. The van der Waals surface area contributed by atoms with Crippen molar-refractivity contribution in [3.8, 4) is 0 Å². The van der Waals surface area contributed by atoms with Crippen molar-refractivity contribution in [2.75, 3.05) is 7.05 Å². The summed E-state index contributed by atoms with van der Waals surface area (Å²) in [5.74, 6) is -0.233. The van der Waals surface area contributed by atoms with Crippen molar-refractivity contribution in [3.05, 3.63) is 35.4 Å². The average molecular weight is 233 g/mol. The highest BCUT2D eigenvalue weighted by atomic mass is 16.2. The minimum atomic E-state index is -0.134. The fraction of sp³-hybridized carbons (Fsp3) is 0.429. The van der Waals surface area contributed by atoms with Crippen LogP contribution < -0.4 is 0 Å². The first-order valence-electron chi connectivity index (χ1n) is 5.73. The fourth-order valence-electron chi connectivity index (χ4n) is 1.62. The number of aryl methyl sites for hydroxylation is 1. The summed E-state index contributed by atoms with van der Waals surface area (Å²) in [7, 11) is 1.73. The van der Waals surface area contributed by atoms with Crippen LogP contribution in [0.2, 0.25) is 0 Å². The Balaban J connectivity index is 2.75. The number of ketones is 1. The second-order valence-corrected chi connectivity index (χ2v) is 4.47. The summed E-state index contributed by atoms with van der Waals surface area (Å²) < 4.78 is 0. The van der Waals surface area contributed by atoms with E-state index in [1.165, 1.54) is 12.5 Å². The van der Waals surface area contributed by atoms with E-state index in [-0.39, 0.29) is 24.2 Å². The minimum absolute atomic E-state index is 0.0116. The molecule has 1 amide bonds. The highest BCUT2D eigenvalue weighted by molar-refractivity contribution is 5.96. The highest BCUT2D eigenvalue weighted by Crippen LogP contribution is 2.19. The Morgan fingerprint density at radius 3 is 2.24 bits per heavy atom. The predicted octanol–water partition coefficient (Wildman–Crippen LogP) is 2.49.